The van der Waals surface area contributed by atoms with E-state index in [1.807, 2.05) is 24.3 Å². The summed E-state index contributed by atoms with van der Waals surface area (Å²) in [5.74, 6) is 2.74. The molecule has 1 atom stereocenters. The molecule has 0 saturated heterocycles. The monoisotopic (exact) mass is 364 g/mol. The van der Waals surface area contributed by atoms with Gasteiger partial charge in [-0.3, -0.25) is 14.9 Å². The molecule has 0 aliphatic heterocycles. The molecule has 0 saturated carbocycles. The van der Waals surface area contributed by atoms with Gasteiger partial charge < -0.3 is 10.1 Å². The Hall–Kier alpha value is -2.03. The number of terminal acetylenes is 1. The number of hydrogen-bond donors (Lipinski definition) is 2. The predicted octanol–water partition coefficient (Wildman–Crippen LogP) is 1.92. The molecule has 0 aromatic heterocycles. The van der Waals surface area contributed by atoms with Gasteiger partial charge in [-0.1, -0.05) is 31.4 Å². The lowest BCUT2D eigenvalue weighted by Crippen LogP contribution is -2.47. The molecule has 0 aliphatic rings. The summed E-state index contributed by atoms with van der Waals surface area (Å²) in [6.45, 7) is 2.96. The maximum Gasteiger partial charge on any atom is 0.237 e. The number of rotatable bonds is 12. The van der Waals surface area contributed by atoms with Crippen LogP contribution < -0.4 is 15.4 Å². The zero-order valence-corrected chi connectivity index (χ0v) is 15.3. The van der Waals surface area contributed by atoms with Crippen molar-refractivity contribution in [2.75, 3.05) is 25.6 Å². The fraction of sp³-hybridized carbons (Fsp3) is 0.474. The highest BCUT2D eigenvalue weighted by molar-refractivity contribution is 6.27. The third-order valence-electron chi connectivity index (χ3n) is 3.53. The summed E-state index contributed by atoms with van der Waals surface area (Å²) in [5.41, 5.74) is 0.953. The van der Waals surface area contributed by atoms with E-state index in [-0.39, 0.29) is 30.7 Å². The molecule has 5 nitrogen and oxygen atoms in total. The molecule has 0 bridgehead atoms. The molecule has 1 amide bonds. The summed E-state index contributed by atoms with van der Waals surface area (Å²) < 4.78 is 5.33. The first-order valence-corrected chi connectivity index (χ1v) is 8.88. The Balaban J connectivity index is 2.68. The van der Waals surface area contributed by atoms with Crippen molar-refractivity contribution in [3.63, 3.8) is 0 Å². The van der Waals surface area contributed by atoms with Crippen LogP contribution in [0.1, 0.15) is 25.3 Å². The summed E-state index contributed by atoms with van der Waals surface area (Å²) in [4.78, 5) is 23.8. The minimum absolute atomic E-state index is 0.0682. The van der Waals surface area contributed by atoms with Crippen molar-refractivity contribution >= 4 is 23.3 Å². The minimum atomic E-state index is -0.499. The number of carbonyl (C=O) groups is 2. The Morgan fingerprint density at radius 1 is 1.32 bits per heavy atom. The van der Waals surface area contributed by atoms with Crippen LogP contribution in [0, 0.1) is 12.3 Å². The average molecular weight is 365 g/mol. The fourth-order valence-corrected chi connectivity index (χ4v) is 2.23. The number of nitrogens with one attached hydrogen (secondary N) is 2. The Bertz CT molecular complexity index is 581. The number of halogens is 1. The third-order valence-corrected chi connectivity index (χ3v) is 3.82. The number of ketones is 1. The summed E-state index contributed by atoms with van der Waals surface area (Å²) in [5, 5.41) is 5.88. The lowest BCUT2D eigenvalue weighted by atomic mass is 10.0. The summed E-state index contributed by atoms with van der Waals surface area (Å²) in [6, 6.07) is 6.87. The maximum atomic E-state index is 12.4. The second-order valence-corrected chi connectivity index (χ2v) is 5.86. The van der Waals surface area contributed by atoms with Crippen LogP contribution in [0.4, 0.5) is 0 Å². The van der Waals surface area contributed by atoms with Gasteiger partial charge in [0.2, 0.25) is 5.91 Å². The highest BCUT2D eigenvalue weighted by Crippen LogP contribution is 2.13. The van der Waals surface area contributed by atoms with E-state index in [4.69, 9.17) is 22.8 Å². The van der Waals surface area contributed by atoms with E-state index in [1.165, 1.54) is 0 Å². The van der Waals surface area contributed by atoms with E-state index in [2.05, 4.69) is 23.5 Å². The molecule has 6 heteroatoms. The minimum Gasteiger partial charge on any atom is -0.481 e. The molecule has 0 heterocycles. The van der Waals surface area contributed by atoms with Crippen LogP contribution in [0.5, 0.6) is 5.75 Å². The van der Waals surface area contributed by atoms with Gasteiger partial charge in [-0.05, 0) is 30.5 Å². The van der Waals surface area contributed by atoms with Crippen molar-refractivity contribution in [3.8, 4) is 18.1 Å². The number of unbranched alkanes of at least 4 members (excludes halogenated alkanes) is 1. The number of ether oxygens (including phenoxy) is 1. The van der Waals surface area contributed by atoms with Gasteiger partial charge in [0.15, 0.2) is 5.78 Å². The molecule has 136 valence electrons. The number of amides is 1. The number of hydrogen-bond acceptors (Lipinski definition) is 4. The van der Waals surface area contributed by atoms with E-state index in [9.17, 15) is 9.59 Å². The third kappa shape index (κ3) is 8.57. The Morgan fingerprint density at radius 3 is 2.64 bits per heavy atom. The molecule has 2 N–H and O–H groups in total. The highest BCUT2D eigenvalue weighted by Gasteiger charge is 2.19. The van der Waals surface area contributed by atoms with Gasteiger partial charge in [0.25, 0.3) is 0 Å². The first kappa shape index (κ1) is 21.0. The molecular formula is C19H25ClN2O3. The zero-order chi connectivity index (χ0) is 18.5. The quantitative estimate of drug-likeness (QED) is 0.338. The van der Waals surface area contributed by atoms with Crippen molar-refractivity contribution < 1.29 is 14.3 Å². The first-order valence-electron chi connectivity index (χ1n) is 8.34. The summed E-state index contributed by atoms with van der Waals surface area (Å²) in [7, 11) is 0. The standard InChI is InChI=1S/C19H25ClN2O3/c1-3-5-10-21-19(24)18(22-14-16(23)13-20)12-15-6-8-17(9-7-15)25-11-4-2/h2,6-9,18,22H,3,5,10-14H2,1H3,(H,21,24)/t18-/m0/s1. The van der Waals surface area contributed by atoms with Gasteiger partial charge in [0.1, 0.15) is 12.4 Å². The van der Waals surface area contributed by atoms with Gasteiger partial charge in [-0.2, -0.15) is 0 Å². The van der Waals surface area contributed by atoms with Crippen LogP contribution in [0.3, 0.4) is 0 Å². The molecule has 0 aliphatic carbocycles. The second kappa shape index (κ2) is 12.3. The Labute approximate surface area is 154 Å². The smallest absolute Gasteiger partial charge is 0.237 e. The predicted molar refractivity (Wildman–Crippen MR) is 99.9 cm³/mol. The van der Waals surface area contributed by atoms with Crippen molar-refractivity contribution in [3.05, 3.63) is 29.8 Å². The zero-order valence-electron chi connectivity index (χ0n) is 14.5. The highest BCUT2D eigenvalue weighted by atomic mass is 35.5. The topological polar surface area (TPSA) is 67.4 Å². The molecule has 1 aromatic carbocycles. The SMILES string of the molecule is C#CCOc1ccc(C[C@H](NCC(=O)CCl)C(=O)NCCCC)cc1. The lowest BCUT2D eigenvalue weighted by Gasteiger charge is -2.18. The molecule has 1 aromatic rings. The van der Waals surface area contributed by atoms with Gasteiger partial charge in [-0.25, -0.2) is 0 Å². The normalized spacial score (nSPS) is 11.4. The van der Waals surface area contributed by atoms with E-state index >= 15 is 0 Å². The van der Waals surface area contributed by atoms with Crippen LogP contribution in [-0.4, -0.2) is 43.3 Å². The molecule has 25 heavy (non-hydrogen) atoms. The van der Waals surface area contributed by atoms with Crippen molar-refractivity contribution in [1.82, 2.24) is 10.6 Å². The molecule has 0 spiro atoms. The van der Waals surface area contributed by atoms with Gasteiger partial charge in [-0.15, -0.1) is 18.0 Å². The second-order valence-electron chi connectivity index (χ2n) is 5.59. The van der Waals surface area contributed by atoms with Crippen LogP contribution in [-0.2, 0) is 16.0 Å². The van der Waals surface area contributed by atoms with E-state index in [1.54, 1.807) is 0 Å². The fourth-order valence-electron chi connectivity index (χ4n) is 2.14. The Morgan fingerprint density at radius 2 is 2.04 bits per heavy atom. The molecule has 0 radical (unpaired) electrons. The van der Waals surface area contributed by atoms with Crippen LogP contribution >= 0.6 is 11.6 Å². The number of benzene rings is 1. The molecule has 0 fully saturated rings. The van der Waals surface area contributed by atoms with Crippen molar-refractivity contribution in [1.29, 1.82) is 0 Å². The van der Waals surface area contributed by atoms with Gasteiger partial charge in [0, 0.05) is 6.54 Å². The summed E-state index contributed by atoms with van der Waals surface area (Å²) >= 11 is 5.52. The molecule has 1 rings (SSSR count). The van der Waals surface area contributed by atoms with Gasteiger partial charge in [0.05, 0.1) is 18.5 Å². The lowest BCUT2D eigenvalue weighted by molar-refractivity contribution is -0.123. The number of Topliss-reactive ketones (excluding diaryl/α,β-unsaturated/α-hetero) is 1. The first-order chi connectivity index (χ1) is 12.1. The van der Waals surface area contributed by atoms with E-state index in [0.29, 0.717) is 18.7 Å². The van der Waals surface area contributed by atoms with Crippen molar-refractivity contribution in [2.45, 2.75) is 32.2 Å². The number of alkyl halides is 1. The van der Waals surface area contributed by atoms with Crippen LogP contribution in [0.25, 0.3) is 0 Å². The molecule has 0 unspecified atom stereocenters. The Kier molecular flexibility index (Phi) is 10.4. The van der Waals surface area contributed by atoms with Crippen LogP contribution in [0.2, 0.25) is 0 Å². The largest absolute Gasteiger partial charge is 0.481 e. The number of carbonyl (C=O) groups excluding carboxylic acids is 2. The van der Waals surface area contributed by atoms with Crippen LogP contribution in [0.15, 0.2) is 24.3 Å². The van der Waals surface area contributed by atoms with E-state index in [0.717, 1.165) is 18.4 Å². The maximum absolute atomic E-state index is 12.4. The molecular weight excluding hydrogens is 340 g/mol. The van der Waals surface area contributed by atoms with E-state index < -0.39 is 6.04 Å². The average Bonchev–Trinajstić information content (AvgIpc) is 2.64. The van der Waals surface area contributed by atoms with Crippen molar-refractivity contribution in [2.24, 2.45) is 0 Å². The summed E-state index contributed by atoms with van der Waals surface area (Å²) in [6.07, 6.45) is 7.54. The van der Waals surface area contributed by atoms with Gasteiger partial charge >= 0.3 is 0 Å².